The van der Waals surface area contributed by atoms with Crippen molar-refractivity contribution >= 4 is 5.91 Å². The first-order valence-corrected chi connectivity index (χ1v) is 22.2. The number of aliphatic hydroxyl groups excluding tert-OH is 2. The molecule has 2 unspecified atom stereocenters. The van der Waals surface area contributed by atoms with Gasteiger partial charge in [-0.1, -0.05) is 204 Å². The van der Waals surface area contributed by atoms with Gasteiger partial charge in [0.1, 0.15) is 0 Å². The van der Waals surface area contributed by atoms with Crippen molar-refractivity contribution in [2.24, 2.45) is 0 Å². The molecule has 0 radical (unpaired) electrons. The Morgan fingerprint density at radius 2 is 0.780 bits per heavy atom. The van der Waals surface area contributed by atoms with Crippen LogP contribution < -0.4 is 5.32 Å². The number of hydrogen-bond acceptors (Lipinski definition) is 3. The third-order valence-corrected chi connectivity index (χ3v) is 10.1. The summed E-state index contributed by atoms with van der Waals surface area (Å²) < 4.78 is 0. The summed E-state index contributed by atoms with van der Waals surface area (Å²) in [6.07, 6.45) is 55.5. The Labute approximate surface area is 312 Å². The molecular weight excluding hydrogens is 615 g/mol. The van der Waals surface area contributed by atoms with Crippen molar-refractivity contribution in [1.29, 1.82) is 0 Å². The van der Waals surface area contributed by atoms with Gasteiger partial charge in [-0.3, -0.25) is 4.79 Å². The summed E-state index contributed by atoms with van der Waals surface area (Å²) in [6.45, 7) is 4.29. The van der Waals surface area contributed by atoms with E-state index in [0.29, 0.717) is 6.42 Å². The Hall–Kier alpha value is -1.39. The minimum Gasteiger partial charge on any atom is -0.394 e. The second-order valence-electron chi connectivity index (χ2n) is 15.1. The maximum absolute atomic E-state index is 12.4. The van der Waals surface area contributed by atoms with Crippen LogP contribution >= 0.6 is 0 Å². The number of hydrogen-bond donors (Lipinski definition) is 3. The molecule has 0 saturated carbocycles. The third-order valence-electron chi connectivity index (χ3n) is 10.1. The number of allylic oxidation sites excluding steroid dienone is 5. The molecule has 0 saturated heterocycles. The van der Waals surface area contributed by atoms with Crippen LogP contribution in [0.5, 0.6) is 0 Å². The standard InChI is InChI=1S/C46H87NO3/c1-3-5-7-9-11-13-15-17-18-19-20-21-22-23-24-25-26-27-28-30-32-34-36-38-40-42-46(50)47-44(43-48)45(49)41-39-37-35-33-31-29-16-14-12-10-8-6-4-2/h19-20,31,33,39,41,44-45,48-49H,3-18,21-30,32,34-38,40,42-43H2,1-2H3,(H,47,50)/b20-19-,33-31+,41-39+. The van der Waals surface area contributed by atoms with E-state index in [1.165, 1.54) is 180 Å². The first kappa shape index (κ1) is 48.6. The molecule has 0 aromatic carbocycles. The van der Waals surface area contributed by atoms with Crippen molar-refractivity contribution in [2.75, 3.05) is 6.61 Å². The monoisotopic (exact) mass is 702 g/mol. The predicted molar refractivity (Wildman–Crippen MR) is 221 cm³/mol. The van der Waals surface area contributed by atoms with Gasteiger partial charge in [-0.05, 0) is 57.8 Å². The van der Waals surface area contributed by atoms with Crippen LogP contribution in [0, 0.1) is 0 Å². The van der Waals surface area contributed by atoms with Crippen molar-refractivity contribution in [3.05, 3.63) is 36.5 Å². The SMILES string of the molecule is CCCCCCCCC/C=C/CC/C=C/C(O)C(CO)NC(=O)CCCCCCCCCCCCCCC/C=C\CCCCCCCCCC. The van der Waals surface area contributed by atoms with Gasteiger partial charge < -0.3 is 15.5 Å². The lowest BCUT2D eigenvalue weighted by atomic mass is 10.0. The van der Waals surface area contributed by atoms with Gasteiger partial charge in [-0.2, -0.15) is 0 Å². The molecule has 4 nitrogen and oxygen atoms in total. The van der Waals surface area contributed by atoms with Crippen molar-refractivity contribution in [2.45, 2.75) is 244 Å². The lowest BCUT2D eigenvalue weighted by Crippen LogP contribution is -2.45. The molecule has 0 aliphatic heterocycles. The highest BCUT2D eigenvalue weighted by Crippen LogP contribution is 2.15. The average molecular weight is 702 g/mol. The lowest BCUT2D eigenvalue weighted by Gasteiger charge is -2.19. The van der Waals surface area contributed by atoms with Crippen LogP contribution in [-0.2, 0) is 4.79 Å². The Balaban J connectivity index is 3.53. The first-order valence-electron chi connectivity index (χ1n) is 22.2. The molecule has 4 heteroatoms. The smallest absolute Gasteiger partial charge is 0.220 e. The Morgan fingerprint density at radius 1 is 0.460 bits per heavy atom. The molecule has 0 fully saturated rings. The normalized spacial score (nSPS) is 13.3. The molecule has 0 rings (SSSR count). The van der Waals surface area contributed by atoms with E-state index in [9.17, 15) is 15.0 Å². The third kappa shape index (κ3) is 37.9. The number of nitrogens with one attached hydrogen (secondary N) is 1. The van der Waals surface area contributed by atoms with Crippen molar-refractivity contribution in [1.82, 2.24) is 5.32 Å². The van der Waals surface area contributed by atoms with Crippen LogP contribution in [0.1, 0.15) is 232 Å². The largest absolute Gasteiger partial charge is 0.394 e. The number of amides is 1. The quantitative estimate of drug-likeness (QED) is 0.0440. The number of carbonyl (C=O) groups is 1. The first-order chi connectivity index (χ1) is 24.7. The molecule has 0 aliphatic rings. The topological polar surface area (TPSA) is 69.6 Å². The van der Waals surface area contributed by atoms with Gasteiger partial charge in [0, 0.05) is 6.42 Å². The van der Waals surface area contributed by atoms with Crippen molar-refractivity contribution in [3.8, 4) is 0 Å². The molecule has 2 atom stereocenters. The maximum atomic E-state index is 12.4. The fourth-order valence-electron chi connectivity index (χ4n) is 6.66. The number of unbranched alkanes of at least 4 members (excludes halogenated alkanes) is 29. The second kappa shape index (κ2) is 42.0. The summed E-state index contributed by atoms with van der Waals surface area (Å²) >= 11 is 0. The van der Waals surface area contributed by atoms with E-state index in [0.717, 1.165) is 32.1 Å². The minimum absolute atomic E-state index is 0.0738. The molecule has 294 valence electrons. The Bertz CT molecular complexity index is 760. The van der Waals surface area contributed by atoms with Crippen LogP contribution in [0.2, 0.25) is 0 Å². The highest BCUT2D eigenvalue weighted by Gasteiger charge is 2.17. The summed E-state index contributed by atoms with van der Waals surface area (Å²) in [4.78, 5) is 12.4. The van der Waals surface area contributed by atoms with Crippen LogP contribution in [0.15, 0.2) is 36.5 Å². The Kier molecular flexibility index (Phi) is 40.9. The van der Waals surface area contributed by atoms with E-state index in [-0.39, 0.29) is 12.5 Å². The van der Waals surface area contributed by atoms with Crippen molar-refractivity contribution in [3.63, 3.8) is 0 Å². The van der Waals surface area contributed by atoms with Gasteiger partial charge in [-0.25, -0.2) is 0 Å². The van der Waals surface area contributed by atoms with Gasteiger partial charge in [0.05, 0.1) is 18.8 Å². The summed E-state index contributed by atoms with van der Waals surface area (Å²) in [5.41, 5.74) is 0. The molecule has 50 heavy (non-hydrogen) atoms. The van der Waals surface area contributed by atoms with E-state index in [1.807, 2.05) is 6.08 Å². The summed E-state index contributed by atoms with van der Waals surface area (Å²) in [5, 5.41) is 22.9. The zero-order valence-electron chi connectivity index (χ0n) is 33.7. The maximum Gasteiger partial charge on any atom is 0.220 e. The van der Waals surface area contributed by atoms with Gasteiger partial charge in [0.15, 0.2) is 0 Å². The van der Waals surface area contributed by atoms with E-state index in [1.54, 1.807) is 6.08 Å². The van der Waals surface area contributed by atoms with E-state index >= 15 is 0 Å². The molecule has 1 amide bonds. The molecule has 0 aromatic heterocycles. The van der Waals surface area contributed by atoms with Crippen LogP contribution in [0.4, 0.5) is 0 Å². The van der Waals surface area contributed by atoms with Crippen LogP contribution in [0.25, 0.3) is 0 Å². The van der Waals surface area contributed by atoms with Gasteiger partial charge in [0.2, 0.25) is 5.91 Å². The number of rotatable bonds is 40. The molecule has 0 aromatic rings. The number of carbonyl (C=O) groups excluding carboxylic acids is 1. The second-order valence-corrected chi connectivity index (χ2v) is 15.1. The molecule has 3 N–H and O–H groups in total. The highest BCUT2D eigenvalue weighted by molar-refractivity contribution is 5.76. The molecule has 0 heterocycles. The van der Waals surface area contributed by atoms with E-state index < -0.39 is 12.1 Å². The molecule has 0 spiro atoms. The number of aliphatic hydroxyl groups is 2. The minimum atomic E-state index is -0.859. The zero-order chi connectivity index (χ0) is 36.4. The summed E-state index contributed by atoms with van der Waals surface area (Å²) in [6, 6.07) is -0.636. The summed E-state index contributed by atoms with van der Waals surface area (Å²) in [5.74, 6) is -0.0738. The van der Waals surface area contributed by atoms with E-state index in [4.69, 9.17) is 0 Å². The zero-order valence-corrected chi connectivity index (χ0v) is 33.7. The van der Waals surface area contributed by atoms with Crippen LogP contribution in [0.3, 0.4) is 0 Å². The van der Waals surface area contributed by atoms with Crippen LogP contribution in [-0.4, -0.2) is 34.9 Å². The van der Waals surface area contributed by atoms with Gasteiger partial charge >= 0.3 is 0 Å². The van der Waals surface area contributed by atoms with Crippen molar-refractivity contribution < 1.29 is 15.0 Å². The average Bonchev–Trinajstić information content (AvgIpc) is 3.12. The van der Waals surface area contributed by atoms with Gasteiger partial charge in [0.25, 0.3) is 0 Å². The predicted octanol–water partition coefficient (Wildman–Crippen LogP) is 13.8. The molecule has 0 aliphatic carbocycles. The Morgan fingerprint density at radius 3 is 1.16 bits per heavy atom. The fourth-order valence-corrected chi connectivity index (χ4v) is 6.66. The van der Waals surface area contributed by atoms with E-state index in [2.05, 4.69) is 43.5 Å². The van der Waals surface area contributed by atoms with Gasteiger partial charge in [-0.15, -0.1) is 0 Å². The molecular formula is C46H87NO3. The fraction of sp³-hybridized carbons (Fsp3) is 0.848. The lowest BCUT2D eigenvalue weighted by molar-refractivity contribution is -0.123. The highest BCUT2D eigenvalue weighted by atomic mass is 16.3. The summed E-state index contributed by atoms with van der Waals surface area (Å²) in [7, 11) is 0. The molecule has 0 bridgehead atoms.